The molecule has 2 saturated carbocycles. The van der Waals surface area contributed by atoms with Crippen LogP contribution in [0.1, 0.15) is 44.1 Å². The smallest absolute Gasteiger partial charge is 0.249 e. The van der Waals surface area contributed by atoms with Crippen molar-refractivity contribution in [3.8, 4) is 0 Å². The lowest BCUT2D eigenvalue weighted by Crippen LogP contribution is -2.56. The van der Waals surface area contributed by atoms with Crippen molar-refractivity contribution in [3.63, 3.8) is 0 Å². The molecule has 0 saturated heterocycles. The van der Waals surface area contributed by atoms with Crippen LogP contribution in [0.25, 0.3) is 0 Å². The fraction of sp³-hybridized carbons (Fsp3) is 0.600. The Hall–Kier alpha value is -1.53. The summed E-state index contributed by atoms with van der Waals surface area (Å²) in [5.74, 6) is -0.257. The third-order valence-corrected chi connectivity index (χ3v) is 6.87. The van der Waals surface area contributed by atoms with Gasteiger partial charge in [-0.05, 0) is 37.5 Å². The molecule has 0 aliphatic heterocycles. The number of amides is 2. The molecule has 142 valence electrons. The Morgan fingerprint density at radius 1 is 1.15 bits per heavy atom. The zero-order valence-electron chi connectivity index (χ0n) is 15.2. The molecule has 1 aromatic carbocycles. The average Bonchev–Trinajstić information content (AvgIpc) is 3.45. The minimum Gasteiger partial charge on any atom is -0.383 e. The molecular weight excluding hydrogens is 348 g/mol. The van der Waals surface area contributed by atoms with Gasteiger partial charge in [0, 0.05) is 18.5 Å². The first-order valence-electron chi connectivity index (χ1n) is 9.42. The molecular formula is C20H28N2O3S. The molecule has 3 rings (SSSR count). The number of carbonyl (C=O) groups excluding carboxylic acids is 2. The first-order valence-corrected chi connectivity index (χ1v) is 10.6. The van der Waals surface area contributed by atoms with Gasteiger partial charge in [-0.3, -0.25) is 9.59 Å². The second-order valence-corrected chi connectivity index (χ2v) is 8.57. The highest BCUT2D eigenvalue weighted by Gasteiger charge is 2.50. The molecule has 2 amide bonds. The SMILES string of the molecule is CSC1(C(=O)N[C@@H]2CCCC[C@H]2NC(=O)C(O)Cc2ccccc2)CC1. The fourth-order valence-electron chi connectivity index (χ4n) is 3.62. The van der Waals surface area contributed by atoms with E-state index in [1.807, 2.05) is 36.6 Å². The monoisotopic (exact) mass is 376 g/mol. The normalized spacial score (nSPS) is 25.2. The summed E-state index contributed by atoms with van der Waals surface area (Å²) in [6, 6.07) is 9.34. The lowest BCUT2D eigenvalue weighted by Gasteiger charge is -2.34. The maximum absolute atomic E-state index is 12.5. The predicted octanol–water partition coefficient (Wildman–Crippen LogP) is 2.03. The minimum atomic E-state index is -1.07. The molecule has 1 aromatic rings. The zero-order valence-corrected chi connectivity index (χ0v) is 16.1. The topological polar surface area (TPSA) is 78.4 Å². The van der Waals surface area contributed by atoms with E-state index in [4.69, 9.17) is 0 Å². The summed E-state index contributed by atoms with van der Waals surface area (Å²) in [6.07, 6.45) is 6.85. The van der Waals surface area contributed by atoms with Crippen LogP contribution in [0.2, 0.25) is 0 Å². The van der Waals surface area contributed by atoms with Crippen molar-refractivity contribution in [2.45, 2.75) is 67.9 Å². The van der Waals surface area contributed by atoms with Crippen molar-refractivity contribution in [2.24, 2.45) is 0 Å². The third-order valence-electron chi connectivity index (χ3n) is 5.49. The van der Waals surface area contributed by atoms with Crippen LogP contribution in [-0.4, -0.2) is 46.1 Å². The summed E-state index contributed by atoms with van der Waals surface area (Å²) in [6.45, 7) is 0. The summed E-state index contributed by atoms with van der Waals surface area (Å²) < 4.78 is -0.251. The number of benzene rings is 1. The van der Waals surface area contributed by atoms with Crippen LogP contribution in [0.5, 0.6) is 0 Å². The van der Waals surface area contributed by atoms with Crippen LogP contribution < -0.4 is 10.6 Å². The first kappa shape index (κ1) is 19.2. The molecule has 2 fully saturated rings. The molecule has 3 N–H and O–H groups in total. The summed E-state index contributed by atoms with van der Waals surface area (Å²) in [5, 5.41) is 16.4. The van der Waals surface area contributed by atoms with E-state index >= 15 is 0 Å². The lowest BCUT2D eigenvalue weighted by molar-refractivity contribution is -0.131. The number of carbonyl (C=O) groups is 2. The minimum absolute atomic E-state index is 0.0475. The number of hydrogen-bond donors (Lipinski definition) is 3. The second-order valence-electron chi connectivity index (χ2n) is 7.38. The number of aliphatic hydroxyl groups excluding tert-OH is 1. The van der Waals surface area contributed by atoms with Crippen LogP contribution in [-0.2, 0) is 16.0 Å². The molecule has 2 aliphatic carbocycles. The standard InChI is InChI=1S/C20H28N2O3S/c1-26-20(11-12-20)19(25)22-16-10-6-5-9-15(16)21-18(24)17(23)13-14-7-3-2-4-8-14/h2-4,7-8,15-17,23H,5-6,9-13H2,1H3,(H,21,24)(H,22,25)/t15-,16-,17?/m1/s1. The van der Waals surface area contributed by atoms with Gasteiger partial charge < -0.3 is 15.7 Å². The number of aliphatic hydroxyl groups is 1. The molecule has 0 heterocycles. The molecule has 26 heavy (non-hydrogen) atoms. The number of thioether (sulfide) groups is 1. The van der Waals surface area contributed by atoms with Crippen LogP contribution in [0.15, 0.2) is 30.3 Å². The largest absolute Gasteiger partial charge is 0.383 e. The fourth-order valence-corrected chi connectivity index (χ4v) is 4.38. The van der Waals surface area contributed by atoms with E-state index in [1.54, 1.807) is 11.8 Å². The van der Waals surface area contributed by atoms with E-state index in [-0.39, 0.29) is 28.6 Å². The highest BCUT2D eigenvalue weighted by molar-refractivity contribution is 8.01. The van der Waals surface area contributed by atoms with E-state index in [0.29, 0.717) is 6.42 Å². The highest BCUT2D eigenvalue weighted by atomic mass is 32.2. The third kappa shape index (κ3) is 4.60. The molecule has 0 radical (unpaired) electrons. The summed E-state index contributed by atoms with van der Waals surface area (Å²) in [7, 11) is 0. The molecule has 0 aromatic heterocycles. The van der Waals surface area contributed by atoms with Crippen molar-refractivity contribution in [1.82, 2.24) is 10.6 Å². The Morgan fingerprint density at radius 3 is 2.35 bits per heavy atom. The zero-order chi connectivity index (χ0) is 18.6. The molecule has 5 nitrogen and oxygen atoms in total. The van der Waals surface area contributed by atoms with E-state index in [9.17, 15) is 14.7 Å². The molecule has 1 unspecified atom stereocenters. The van der Waals surface area contributed by atoms with Crippen molar-refractivity contribution >= 4 is 23.6 Å². The van der Waals surface area contributed by atoms with Crippen molar-refractivity contribution in [2.75, 3.05) is 6.26 Å². The van der Waals surface area contributed by atoms with E-state index in [1.165, 1.54) is 0 Å². The predicted molar refractivity (Wildman–Crippen MR) is 104 cm³/mol. The van der Waals surface area contributed by atoms with Gasteiger partial charge in [-0.15, -0.1) is 11.8 Å². The quantitative estimate of drug-likeness (QED) is 0.680. The first-order chi connectivity index (χ1) is 12.5. The highest BCUT2D eigenvalue weighted by Crippen LogP contribution is 2.47. The van der Waals surface area contributed by atoms with Crippen LogP contribution in [0, 0.1) is 0 Å². The summed E-state index contributed by atoms with van der Waals surface area (Å²) in [4.78, 5) is 25.0. The van der Waals surface area contributed by atoms with Crippen LogP contribution in [0.3, 0.4) is 0 Å². The Kier molecular flexibility index (Phi) is 6.24. The van der Waals surface area contributed by atoms with Gasteiger partial charge in [-0.25, -0.2) is 0 Å². The Balaban J connectivity index is 1.55. The van der Waals surface area contributed by atoms with Gasteiger partial charge in [0.25, 0.3) is 0 Å². The van der Waals surface area contributed by atoms with E-state index in [2.05, 4.69) is 10.6 Å². The van der Waals surface area contributed by atoms with Gasteiger partial charge >= 0.3 is 0 Å². The van der Waals surface area contributed by atoms with E-state index < -0.39 is 6.10 Å². The van der Waals surface area contributed by atoms with Crippen molar-refractivity contribution in [3.05, 3.63) is 35.9 Å². The molecule has 6 heteroatoms. The van der Waals surface area contributed by atoms with Gasteiger partial charge in [0.15, 0.2) is 0 Å². The summed E-state index contributed by atoms with van der Waals surface area (Å²) in [5.41, 5.74) is 0.930. The maximum atomic E-state index is 12.5. The average molecular weight is 377 g/mol. The van der Waals surface area contributed by atoms with Crippen LogP contribution in [0.4, 0.5) is 0 Å². The second kappa shape index (κ2) is 8.44. The maximum Gasteiger partial charge on any atom is 0.249 e. The van der Waals surface area contributed by atoms with Crippen molar-refractivity contribution < 1.29 is 14.7 Å². The molecule has 2 aliphatic rings. The summed E-state index contributed by atoms with van der Waals surface area (Å²) >= 11 is 1.62. The molecule has 0 spiro atoms. The number of hydrogen-bond acceptors (Lipinski definition) is 4. The molecule has 0 bridgehead atoms. The van der Waals surface area contributed by atoms with Gasteiger partial charge in [-0.1, -0.05) is 43.2 Å². The number of nitrogens with one attached hydrogen (secondary N) is 2. The van der Waals surface area contributed by atoms with Crippen molar-refractivity contribution in [1.29, 1.82) is 0 Å². The lowest BCUT2D eigenvalue weighted by atomic mass is 9.89. The number of rotatable bonds is 7. The Bertz CT molecular complexity index is 633. The van der Waals surface area contributed by atoms with Gasteiger partial charge in [0.1, 0.15) is 6.10 Å². The van der Waals surface area contributed by atoms with E-state index in [0.717, 1.165) is 44.1 Å². The Labute approximate surface area is 159 Å². The van der Waals surface area contributed by atoms with Gasteiger partial charge in [0.2, 0.25) is 11.8 Å². The van der Waals surface area contributed by atoms with Crippen LogP contribution >= 0.6 is 11.8 Å². The van der Waals surface area contributed by atoms with Gasteiger partial charge in [-0.2, -0.15) is 0 Å². The molecule has 3 atom stereocenters. The Morgan fingerprint density at radius 2 is 1.77 bits per heavy atom. The van der Waals surface area contributed by atoms with Gasteiger partial charge in [0.05, 0.1) is 4.75 Å².